The fourth-order valence-electron chi connectivity index (χ4n) is 2.37. The fraction of sp³-hybridized carbons (Fsp3) is 0.471. The molecule has 20 heavy (non-hydrogen) atoms. The summed E-state index contributed by atoms with van der Waals surface area (Å²) in [5.41, 5.74) is 3.78. The van der Waals surface area contributed by atoms with Crippen molar-refractivity contribution in [3.63, 3.8) is 0 Å². The highest BCUT2D eigenvalue weighted by Gasteiger charge is 2.13. The lowest BCUT2D eigenvalue weighted by Gasteiger charge is -2.12. The van der Waals surface area contributed by atoms with Crippen molar-refractivity contribution in [3.05, 3.63) is 42.1 Å². The first-order valence-corrected chi connectivity index (χ1v) is 7.53. The summed E-state index contributed by atoms with van der Waals surface area (Å²) < 4.78 is 2.14. The van der Waals surface area contributed by atoms with Gasteiger partial charge in [0, 0.05) is 24.2 Å². The third-order valence-electron chi connectivity index (χ3n) is 3.24. The topological polar surface area (TPSA) is 29.9 Å². The van der Waals surface area contributed by atoms with Crippen LogP contribution >= 0.6 is 0 Å². The van der Waals surface area contributed by atoms with Crippen molar-refractivity contribution in [3.8, 4) is 11.3 Å². The summed E-state index contributed by atoms with van der Waals surface area (Å²) in [6.07, 6.45) is 3.16. The smallest absolute Gasteiger partial charge is 0.0727 e. The van der Waals surface area contributed by atoms with Gasteiger partial charge in [0.05, 0.1) is 11.9 Å². The molecule has 108 valence electrons. The van der Waals surface area contributed by atoms with Crippen LogP contribution in [0.5, 0.6) is 0 Å². The fourth-order valence-corrected chi connectivity index (χ4v) is 2.37. The quantitative estimate of drug-likeness (QED) is 0.778. The van der Waals surface area contributed by atoms with Gasteiger partial charge in [0.1, 0.15) is 0 Å². The molecule has 2 aromatic rings. The Kier molecular flexibility index (Phi) is 5.36. The van der Waals surface area contributed by atoms with E-state index in [-0.39, 0.29) is 0 Å². The molecule has 2 rings (SSSR count). The van der Waals surface area contributed by atoms with Gasteiger partial charge in [0.2, 0.25) is 0 Å². The molecule has 0 spiro atoms. The van der Waals surface area contributed by atoms with Crippen LogP contribution in [0.3, 0.4) is 0 Å². The molecule has 1 heterocycles. The maximum atomic E-state index is 4.59. The molecule has 1 aromatic carbocycles. The molecule has 0 saturated carbocycles. The summed E-state index contributed by atoms with van der Waals surface area (Å²) in [4.78, 5) is 0. The van der Waals surface area contributed by atoms with Crippen LogP contribution < -0.4 is 5.32 Å². The van der Waals surface area contributed by atoms with Crippen molar-refractivity contribution >= 4 is 0 Å². The standard InChI is InChI=1S/C17H25N3/c1-4-10-18-11-16-12-19-20(13-14(2)3)17(16)15-8-6-5-7-9-15/h5-9,12,14,18H,4,10-11,13H2,1-3H3. The van der Waals surface area contributed by atoms with Crippen LogP contribution in [0, 0.1) is 5.92 Å². The van der Waals surface area contributed by atoms with Crippen molar-refractivity contribution in [1.29, 1.82) is 0 Å². The monoisotopic (exact) mass is 271 g/mol. The maximum absolute atomic E-state index is 4.59. The van der Waals surface area contributed by atoms with E-state index in [1.165, 1.54) is 16.8 Å². The van der Waals surface area contributed by atoms with Gasteiger partial charge in [-0.1, -0.05) is 51.1 Å². The van der Waals surface area contributed by atoms with Crippen LogP contribution in [0.25, 0.3) is 11.3 Å². The van der Waals surface area contributed by atoms with E-state index in [4.69, 9.17) is 0 Å². The third kappa shape index (κ3) is 3.70. The molecule has 0 saturated heterocycles. The lowest BCUT2D eigenvalue weighted by Crippen LogP contribution is -2.14. The van der Waals surface area contributed by atoms with Crippen LogP contribution in [0.15, 0.2) is 36.5 Å². The van der Waals surface area contributed by atoms with E-state index in [1.54, 1.807) is 0 Å². The Morgan fingerprint density at radius 3 is 2.60 bits per heavy atom. The zero-order valence-electron chi connectivity index (χ0n) is 12.8. The highest BCUT2D eigenvalue weighted by Crippen LogP contribution is 2.24. The van der Waals surface area contributed by atoms with Crippen LogP contribution in [0.2, 0.25) is 0 Å². The SMILES string of the molecule is CCCNCc1cnn(CC(C)C)c1-c1ccccc1. The predicted molar refractivity (Wildman–Crippen MR) is 84.5 cm³/mol. The van der Waals surface area contributed by atoms with E-state index < -0.39 is 0 Å². The summed E-state index contributed by atoms with van der Waals surface area (Å²) in [7, 11) is 0. The third-order valence-corrected chi connectivity index (χ3v) is 3.24. The molecule has 0 atom stereocenters. The largest absolute Gasteiger partial charge is 0.313 e. The first-order chi connectivity index (χ1) is 9.72. The number of aromatic nitrogens is 2. The summed E-state index contributed by atoms with van der Waals surface area (Å²) in [6.45, 7) is 9.53. The average molecular weight is 271 g/mol. The van der Waals surface area contributed by atoms with Crippen molar-refractivity contribution in [2.75, 3.05) is 6.54 Å². The minimum absolute atomic E-state index is 0.591. The Hall–Kier alpha value is -1.61. The van der Waals surface area contributed by atoms with Gasteiger partial charge in [0.15, 0.2) is 0 Å². The second-order valence-corrected chi connectivity index (χ2v) is 5.64. The molecule has 0 bridgehead atoms. The first kappa shape index (κ1) is 14.8. The summed E-state index contributed by atoms with van der Waals surface area (Å²) >= 11 is 0. The van der Waals surface area contributed by atoms with E-state index in [9.17, 15) is 0 Å². The number of rotatable bonds is 7. The van der Waals surface area contributed by atoms with Gasteiger partial charge in [-0.05, 0) is 18.9 Å². The zero-order chi connectivity index (χ0) is 14.4. The van der Waals surface area contributed by atoms with Crippen molar-refractivity contribution in [2.45, 2.75) is 40.3 Å². The Balaban J connectivity index is 2.30. The minimum atomic E-state index is 0.591. The molecule has 0 aliphatic carbocycles. The molecule has 0 amide bonds. The Morgan fingerprint density at radius 1 is 1.20 bits per heavy atom. The molecule has 1 N–H and O–H groups in total. The zero-order valence-corrected chi connectivity index (χ0v) is 12.8. The summed E-state index contributed by atoms with van der Waals surface area (Å²) in [5, 5.41) is 8.06. The molecule has 1 aromatic heterocycles. The lowest BCUT2D eigenvalue weighted by molar-refractivity contribution is 0.487. The summed E-state index contributed by atoms with van der Waals surface area (Å²) in [6, 6.07) is 10.6. The molecule has 0 aliphatic rings. The van der Waals surface area contributed by atoms with Gasteiger partial charge in [-0.25, -0.2) is 0 Å². The number of nitrogens with zero attached hydrogens (tertiary/aromatic N) is 2. The van der Waals surface area contributed by atoms with Crippen molar-refractivity contribution in [2.24, 2.45) is 5.92 Å². The van der Waals surface area contributed by atoms with Gasteiger partial charge in [0.25, 0.3) is 0 Å². The number of hydrogen-bond acceptors (Lipinski definition) is 2. The van der Waals surface area contributed by atoms with E-state index in [1.807, 2.05) is 6.20 Å². The number of benzene rings is 1. The second-order valence-electron chi connectivity index (χ2n) is 5.64. The molecular weight excluding hydrogens is 246 g/mol. The lowest BCUT2D eigenvalue weighted by atomic mass is 10.1. The maximum Gasteiger partial charge on any atom is 0.0727 e. The molecule has 0 aliphatic heterocycles. The molecular formula is C17H25N3. The first-order valence-electron chi connectivity index (χ1n) is 7.53. The molecule has 0 radical (unpaired) electrons. The normalized spacial score (nSPS) is 11.2. The Labute approximate surface area is 122 Å². The summed E-state index contributed by atoms with van der Waals surface area (Å²) in [5.74, 6) is 0.591. The highest BCUT2D eigenvalue weighted by atomic mass is 15.3. The van der Waals surface area contributed by atoms with E-state index in [0.717, 1.165) is 26.1 Å². The number of nitrogens with one attached hydrogen (secondary N) is 1. The second kappa shape index (κ2) is 7.25. The van der Waals surface area contributed by atoms with E-state index >= 15 is 0 Å². The van der Waals surface area contributed by atoms with Gasteiger partial charge in [-0.2, -0.15) is 5.10 Å². The van der Waals surface area contributed by atoms with E-state index in [2.05, 4.69) is 66.2 Å². The molecule has 3 nitrogen and oxygen atoms in total. The van der Waals surface area contributed by atoms with Gasteiger partial charge in [-0.3, -0.25) is 4.68 Å². The van der Waals surface area contributed by atoms with Crippen molar-refractivity contribution in [1.82, 2.24) is 15.1 Å². The van der Waals surface area contributed by atoms with Gasteiger partial charge >= 0.3 is 0 Å². The number of hydrogen-bond donors (Lipinski definition) is 1. The molecule has 3 heteroatoms. The predicted octanol–water partition coefficient (Wildman–Crippen LogP) is 3.71. The van der Waals surface area contributed by atoms with Crippen LogP contribution in [0.1, 0.15) is 32.8 Å². The Morgan fingerprint density at radius 2 is 1.95 bits per heavy atom. The van der Waals surface area contributed by atoms with Gasteiger partial charge in [-0.15, -0.1) is 0 Å². The molecule has 0 fully saturated rings. The van der Waals surface area contributed by atoms with Crippen LogP contribution in [-0.2, 0) is 13.1 Å². The van der Waals surface area contributed by atoms with Gasteiger partial charge < -0.3 is 5.32 Å². The average Bonchev–Trinajstić information content (AvgIpc) is 2.82. The van der Waals surface area contributed by atoms with Crippen LogP contribution in [0.4, 0.5) is 0 Å². The minimum Gasteiger partial charge on any atom is -0.313 e. The molecule has 0 unspecified atom stereocenters. The van der Waals surface area contributed by atoms with E-state index in [0.29, 0.717) is 5.92 Å². The Bertz CT molecular complexity index is 514. The highest BCUT2D eigenvalue weighted by molar-refractivity contribution is 5.63. The van der Waals surface area contributed by atoms with Crippen molar-refractivity contribution < 1.29 is 0 Å². The van der Waals surface area contributed by atoms with Crippen LogP contribution in [-0.4, -0.2) is 16.3 Å².